The molecule has 0 amide bonds. The van der Waals surface area contributed by atoms with Crippen molar-refractivity contribution in [2.24, 2.45) is 0 Å². The van der Waals surface area contributed by atoms with E-state index in [1.807, 2.05) is 24.3 Å². The van der Waals surface area contributed by atoms with Gasteiger partial charge in [0.05, 0.1) is 12.8 Å². The van der Waals surface area contributed by atoms with E-state index in [9.17, 15) is 4.79 Å². The summed E-state index contributed by atoms with van der Waals surface area (Å²) in [6.45, 7) is 1.73. The first-order chi connectivity index (χ1) is 13.2. The highest BCUT2D eigenvalue weighted by Crippen LogP contribution is 2.22. The van der Waals surface area contributed by atoms with Crippen LogP contribution in [0.5, 0.6) is 5.75 Å². The van der Waals surface area contributed by atoms with Crippen LogP contribution in [0.15, 0.2) is 53.4 Å². The molecule has 3 aromatic heterocycles. The lowest BCUT2D eigenvalue weighted by atomic mass is 10.2. The first-order valence-electron chi connectivity index (χ1n) is 8.21. The van der Waals surface area contributed by atoms with Crippen LogP contribution in [0, 0.1) is 6.92 Å². The zero-order chi connectivity index (χ0) is 18.8. The van der Waals surface area contributed by atoms with Crippen molar-refractivity contribution in [2.45, 2.75) is 13.5 Å². The number of hydrogen-bond donors (Lipinski definition) is 0. The Hall–Kier alpha value is -3.68. The van der Waals surface area contributed by atoms with Crippen molar-refractivity contribution >= 4 is 11.6 Å². The van der Waals surface area contributed by atoms with Gasteiger partial charge >= 0.3 is 5.97 Å². The van der Waals surface area contributed by atoms with Crippen molar-refractivity contribution in [2.75, 3.05) is 7.11 Å². The quantitative estimate of drug-likeness (QED) is 0.503. The Morgan fingerprint density at radius 1 is 1.26 bits per heavy atom. The maximum atomic E-state index is 12.5. The minimum atomic E-state index is -0.504. The Labute approximate surface area is 154 Å². The summed E-state index contributed by atoms with van der Waals surface area (Å²) in [4.78, 5) is 21.0. The highest BCUT2D eigenvalue weighted by Gasteiger charge is 2.20. The topological polar surface area (TPSA) is 91.8 Å². The standard InChI is InChI=1S/C19H16N4O4/c1-12-16(17-20-8-3-9-23(17)22-12)19(24)27-11-14-10-26-18(21-14)13-4-6-15(25-2)7-5-13/h3-10H,11H2,1-2H3. The number of hydrogen-bond acceptors (Lipinski definition) is 7. The predicted molar refractivity (Wildman–Crippen MR) is 95.3 cm³/mol. The van der Waals surface area contributed by atoms with Gasteiger partial charge in [-0.2, -0.15) is 5.10 Å². The van der Waals surface area contributed by atoms with E-state index >= 15 is 0 Å². The lowest BCUT2D eigenvalue weighted by Gasteiger charge is -2.01. The van der Waals surface area contributed by atoms with Crippen LogP contribution in [-0.4, -0.2) is 32.7 Å². The molecular weight excluding hydrogens is 348 g/mol. The van der Waals surface area contributed by atoms with Gasteiger partial charge in [0.25, 0.3) is 0 Å². The first kappa shape index (κ1) is 16.8. The number of fused-ring (bicyclic) bond motifs is 1. The number of benzene rings is 1. The van der Waals surface area contributed by atoms with Gasteiger partial charge < -0.3 is 13.9 Å². The van der Waals surface area contributed by atoms with E-state index in [-0.39, 0.29) is 6.61 Å². The molecule has 0 saturated carbocycles. The summed E-state index contributed by atoms with van der Waals surface area (Å²) in [7, 11) is 1.60. The van der Waals surface area contributed by atoms with Crippen LogP contribution < -0.4 is 4.74 Å². The number of rotatable bonds is 5. The van der Waals surface area contributed by atoms with E-state index < -0.39 is 5.97 Å². The van der Waals surface area contributed by atoms with E-state index in [4.69, 9.17) is 13.9 Å². The molecule has 0 aliphatic heterocycles. The smallest absolute Gasteiger partial charge is 0.344 e. The second kappa shape index (κ2) is 6.91. The average molecular weight is 364 g/mol. The molecule has 0 saturated heterocycles. The summed E-state index contributed by atoms with van der Waals surface area (Å²) < 4.78 is 17.5. The van der Waals surface area contributed by atoms with Gasteiger partial charge in [-0.1, -0.05) is 0 Å². The molecule has 27 heavy (non-hydrogen) atoms. The Morgan fingerprint density at radius 3 is 2.85 bits per heavy atom. The molecule has 0 bridgehead atoms. The number of methoxy groups -OCH3 is 1. The van der Waals surface area contributed by atoms with E-state index in [1.165, 1.54) is 6.26 Å². The minimum absolute atomic E-state index is 0.0118. The lowest BCUT2D eigenvalue weighted by Crippen LogP contribution is -2.07. The SMILES string of the molecule is COc1ccc(-c2nc(COC(=O)c3c(C)nn4cccnc34)co2)cc1. The lowest BCUT2D eigenvalue weighted by molar-refractivity contribution is 0.0469. The maximum Gasteiger partial charge on any atom is 0.344 e. The number of carbonyl (C=O) groups excluding carboxylic acids is 1. The second-order valence-corrected chi connectivity index (χ2v) is 5.80. The number of nitrogens with zero attached hydrogens (tertiary/aromatic N) is 4. The molecule has 0 N–H and O–H groups in total. The monoisotopic (exact) mass is 364 g/mol. The molecule has 0 spiro atoms. The van der Waals surface area contributed by atoms with Gasteiger partial charge in [-0.15, -0.1) is 0 Å². The summed E-state index contributed by atoms with van der Waals surface area (Å²) in [5, 5.41) is 4.26. The minimum Gasteiger partial charge on any atom is -0.497 e. The van der Waals surface area contributed by atoms with E-state index in [1.54, 1.807) is 37.0 Å². The molecule has 136 valence electrons. The molecule has 0 fully saturated rings. The summed E-state index contributed by atoms with van der Waals surface area (Å²) in [5.41, 5.74) is 2.67. The Bertz CT molecular complexity index is 1100. The molecule has 0 radical (unpaired) electrons. The average Bonchev–Trinajstić information content (AvgIpc) is 3.30. The molecule has 8 heteroatoms. The maximum absolute atomic E-state index is 12.5. The van der Waals surface area contributed by atoms with Gasteiger partial charge in [-0.3, -0.25) is 0 Å². The van der Waals surface area contributed by atoms with E-state index in [0.717, 1.165) is 11.3 Å². The number of carbonyl (C=O) groups is 1. The third-order valence-electron chi connectivity index (χ3n) is 4.01. The van der Waals surface area contributed by atoms with E-state index in [2.05, 4.69) is 15.1 Å². The van der Waals surface area contributed by atoms with Crippen molar-refractivity contribution in [3.63, 3.8) is 0 Å². The third kappa shape index (κ3) is 3.24. The molecule has 0 aliphatic carbocycles. The number of oxazole rings is 1. The predicted octanol–water partition coefficient (Wildman–Crippen LogP) is 3.06. The number of esters is 1. The fourth-order valence-corrected chi connectivity index (χ4v) is 2.69. The zero-order valence-electron chi connectivity index (χ0n) is 14.7. The molecule has 4 rings (SSSR count). The Balaban J connectivity index is 1.48. The molecule has 0 unspecified atom stereocenters. The van der Waals surface area contributed by atoms with Gasteiger partial charge in [-0.25, -0.2) is 19.3 Å². The Morgan fingerprint density at radius 2 is 2.07 bits per heavy atom. The van der Waals surface area contributed by atoms with Gasteiger partial charge in [0, 0.05) is 18.0 Å². The van der Waals surface area contributed by atoms with Crippen LogP contribution >= 0.6 is 0 Å². The molecule has 3 heterocycles. The van der Waals surface area contributed by atoms with Crippen LogP contribution in [0.3, 0.4) is 0 Å². The summed E-state index contributed by atoms with van der Waals surface area (Å²) in [6, 6.07) is 9.06. The van der Waals surface area contributed by atoms with Crippen LogP contribution in [-0.2, 0) is 11.3 Å². The largest absolute Gasteiger partial charge is 0.497 e. The molecule has 4 aromatic rings. The fraction of sp³-hybridized carbons (Fsp3) is 0.158. The van der Waals surface area contributed by atoms with Crippen molar-refractivity contribution in [1.82, 2.24) is 19.6 Å². The molecular formula is C19H16N4O4. The molecule has 8 nitrogen and oxygen atoms in total. The molecule has 0 aliphatic rings. The van der Waals surface area contributed by atoms with Crippen molar-refractivity contribution in [3.8, 4) is 17.2 Å². The summed E-state index contributed by atoms with van der Waals surface area (Å²) in [6.07, 6.45) is 4.80. The second-order valence-electron chi connectivity index (χ2n) is 5.80. The van der Waals surface area contributed by atoms with Gasteiger partial charge in [-0.05, 0) is 37.3 Å². The van der Waals surface area contributed by atoms with Crippen molar-refractivity contribution in [1.29, 1.82) is 0 Å². The molecule has 0 atom stereocenters. The van der Waals surface area contributed by atoms with E-state index in [0.29, 0.717) is 28.5 Å². The first-order valence-corrected chi connectivity index (χ1v) is 8.21. The zero-order valence-corrected chi connectivity index (χ0v) is 14.7. The molecule has 1 aromatic carbocycles. The number of aryl methyl sites for hydroxylation is 1. The summed E-state index contributed by atoms with van der Waals surface area (Å²) >= 11 is 0. The Kier molecular flexibility index (Phi) is 4.29. The normalized spacial score (nSPS) is 10.9. The third-order valence-corrected chi connectivity index (χ3v) is 4.01. The van der Waals surface area contributed by atoms with Crippen LogP contribution in [0.4, 0.5) is 0 Å². The van der Waals surface area contributed by atoms with Crippen LogP contribution in [0.2, 0.25) is 0 Å². The van der Waals surface area contributed by atoms with Crippen molar-refractivity contribution < 1.29 is 18.7 Å². The fourth-order valence-electron chi connectivity index (χ4n) is 2.69. The van der Waals surface area contributed by atoms with Crippen molar-refractivity contribution in [3.05, 3.63) is 65.9 Å². The van der Waals surface area contributed by atoms with Crippen LogP contribution in [0.1, 0.15) is 21.7 Å². The van der Waals surface area contributed by atoms with Crippen LogP contribution in [0.25, 0.3) is 17.1 Å². The van der Waals surface area contributed by atoms with Gasteiger partial charge in [0.15, 0.2) is 5.65 Å². The highest BCUT2D eigenvalue weighted by molar-refractivity contribution is 5.97. The number of ether oxygens (including phenoxy) is 2. The van der Waals surface area contributed by atoms with Gasteiger partial charge in [0.2, 0.25) is 5.89 Å². The number of aromatic nitrogens is 4. The summed E-state index contributed by atoms with van der Waals surface area (Å²) in [5.74, 6) is 0.685. The van der Waals surface area contributed by atoms with Gasteiger partial charge in [0.1, 0.15) is 29.9 Å². The highest BCUT2D eigenvalue weighted by atomic mass is 16.5.